The summed E-state index contributed by atoms with van der Waals surface area (Å²) in [6, 6.07) is 6.28. The number of fused-ring (bicyclic) bond motifs is 1. The third-order valence-electron chi connectivity index (χ3n) is 5.37. The number of esters is 1. The van der Waals surface area contributed by atoms with E-state index in [1.807, 2.05) is 4.90 Å². The standard InChI is InChI=1S/C22H21F3N6O4S2/c1-3-35-20(32)14-12-26-21(27-19(14)18-7-5-9-36-18)29-28-15-10-13-6-4-8-31(2)17(13)11-16(15)30-37(33,34)22(23,24)25/h5,7,9-12,30H,3-4,6,8H2,1-2H3. The molecule has 0 atom stereocenters. The maximum absolute atomic E-state index is 13.1. The van der Waals surface area contributed by atoms with Gasteiger partial charge in [-0.25, -0.2) is 14.8 Å². The van der Waals surface area contributed by atoms with Gasteiger partial charge in [0.1, 0.15) is 16.9 Å². The van der Waals surface area contributed by atoms with Gasteiger partial charge in [-0.1, -0.05) is 6.07 Å². The number of alkyl halides is 3. The normalized spacial score (nSPS) is 14.0. The molecule has 1 aliphatic rings. The molecule has 0 spiro atoms. The number of hydrogen-bond donors (Lipinski definition) is 1. The van der Waals surface area contributed by atoms with E-state index >= 15 is 0 Å². The molecule has 3 heterocycles. The van der Waals surface area contributed by atoms with Gasteiger partial charge in [0, 0.05) is 25.5 Å². The third-order valence-corrected chi connectivity index (χ3v) is 7.34. The molecule has 0 saturated carbocycles. The lowest BCUT2D eigenvalue weighted by Crippen LogP contribution is -2.30. The Morgan fingerprint density at radius 2 is 2.08 bits per heavy atom. The van der Waals surface area contributed by atoms with E-state index in [4.69, 9.17) is 4.74 Å². The Labute approximate surface area is 214 Å². The van der Waals surface area contributed by atoms with Crippen LogP contribution < -0.4 is 9.62 Å². The van der Waals surface area contributed by atoms with Gasteiger partial charge in [0.05, 0.1) is 17.2 Å². The van der Waals surface area contributed by atoms with Gasteiger partial charge < -0.3 is 9.64 Å². The van der Waals surface area contributed by atoms with E-state index in [0.29, 0.717) is 23.5 Å². The van der Waals surface area contributed by atoms with Crippen LogP contribution in [0.2, 0.25) is 0 Å². The summed E-state index contributed by atoms with van der Waals surface area (Å²) in [7, 11) is -3.95. The van der Waals surface area contributed by atoms with Crippen molar-refractivity contribution < 1.29 is 31.1 Å². The monoisotopic (exact) mass is 554 g/mol. The van der Waals surface area contributed by atoms with Crippen molar-refractivity contribution in [1.82, 2.24) is 9.97 Å². The van der Waals surface area contributed by atoms with Gasteiger partial charge in [0.25, 0.3) is 5.95 Å². The average molecular weight is 555 g/mol. The second-order valence-electron chi connectivity index (χ2n) is 7.90. The highest BCUT2D eigenvalue weighted by Crippen LogP contribution is 2.39. The predicted molar refractivity (Wildman–Crippen MR) is 132 cm³/mol. The third kappa shape index (κ3) is 5.72. The number of ether oxygens (including phenoxy) is 1. The number of anilines is 2. The number of rotatable bonds is 7. The summed E-state index contributed by atoms with van der Waals surface area (Å²) in [6.45, 7) is 2.47. The molecular weight excluding hydrogens is 533 g/mol. The van der Waals surface area contributed by atoms with Crippen LogP contribution in [0.15, 0.2) is 46.1 Å². The van der Waals surface area contributed by atoms with Crippen molar-refractivity contribution in [3.8, 4) is 10.6 Å². The number of carbonyl (C=O) groups excluding carboxylic acids is 1. The molecular formula is C22H21F3N6O4S2. The fraction of sp³-hybridized carbons (Fsp3) is 0.318. The average Bonchev–Trinajstić information content (AvgIpc) is 3.37. The van der Waals surface area contributed by atoms with Gasteiger partial charge in [-0.3, -0.25) is 4.72 Å². The van der Waals surface area contributed by atoms with Gasteiger partial charge in [0.2, 0.25) is 0 Å². The first-order chi connectivity index (χ1) is 17.5. The first-order valence-corrected chi connectivity index (χ1v) is 13.3. The minimum absolute atomic E-state index is 0.110. The zero-order chi connectivity index (χ0) is 26.8. The summed E-state index contributed by atoms with van der Waals surface area (Å²) in [5, 5.41) is 9.71. The predicted octanol–water partition coefficient (Wildman–Crippen LogP) is 5.44. The molecule has 0 aliphatic carbocycles. The van der Waals surface area contributed by atoms with E-state index in [9.17, 15) is 26.4 Å². The molecule has 196 valence electrons. The summed E-state index contributed by atoms with van der Waals surface area (Å²) in [5.74, 6) is -0.812. The fourth-order valence-corrected chi connectivity index (χ4v) is 4.95. The van der Waals surface area contributed by atoms with Crippen LogP contribution in [0.1, 0.15) is 29.3 Å². The Morgan fingerprint density at radius 3 is 2.76 bits per heavy atom. The Balaban J connectivity index is 1.76. The number of hydrogen-bond acceptors (Lipinski definition) is 10. The number of thiophene rings is 1. The number of nitrogens with one attached hydrogen (secondary N) is 1. The Bertz CT molecular complexity index is 1440. The number of benzene rings is 1. The molecule has 0 unspecified atom stereocenters. The van der Waals surface area contributed by atoms with Crippen LogP contribution in [0, 0.1) is 0 Å². The molecule has 4 rings (SSSR count). The van der Waals surface area contributed by atoms with Crippen molar-refractivity contribution in [3.05, 3.63) is 47.0 Å². The van der Waals surface area contributed by atoms with Crippen LogP contribution in [0.25, 0.3) is 10.6 Å². The minimum atomic E-state index is -5.71. The number of halogens is 3. The van der Waals surface area contributed by atoms with Gasteiger partial charge in [-0.2, -0.15) is 21.6 Å². The molecule has 0 fully saturated rings. The zero-order valence-corrected chi connectivity index (χ0v) is 21.2. The summed E-state index contributed by atoms with van der Waals surface area (Å²) in [5.41, 5.74) is -4.34. The lowest BCUT2D eigenvalue weighted by atomic mass is 10.0. The second-order valence-corrected chi connectivity index (χ2v) is 10.5. The molecule has 1 aromatic carbocycles. The summed E-state index contributed by atoms with van der Waals surface area (Å²) < 4.78 is 69.6. The Hall–Kier alpha value is -3.59. The zero-order valence-electron chi connectivity index (χ0n) is 19.6. The molecule has 1 aliphatic heterocycles. The van der Waals surface area contributed by atoms with Crippen molar-refractivity contribution in [1.29, 1.82) is 0 Å². The maximum Gasteiger partial charge on any atom is 0.516 e. The Kier molecular flexibility index (Phi) is 7.45. The molecule has 0 radical (unpaired) electrons. The first kappa shape index (κ1) is 26.5. The molecule has 10 nitrogen and oxygen atoms in total. The number of aryl methyl sites for hydroxylation is 1. The Morgan fingerprint density at radius 1 is 1.30 bits per heavy atom. The summed E-state index contributed by atoms with van der Waals surface area (Å²) in [4.78, 5) is 23.1. The largest absolute Gasteiger partial charge is 0.516 e. The lowest BCUT2D eigenvalue weighted by Gasteiger charge is -2.28. The van der Waals surface area contributed by atoms with E-state index in [1.165, 1.54) is 29.7 Å². The van der Waals surface area contributed by atoms with Gasteiger partial charge in [0.15, 0.2) is 0 Å². The van der Waals surface area contributed by atoms with Crippen LogP contribution in [-0.4, -0.2) is 50.1 Å². The van der Waals surface area contributed by atoms with E-state index in [-0.39, 0.29) is 29.5 Å². The summed E-state index contributed by atoms with van der Waals surface area (Å²) in [6.07, 6.45) is 2.65. The number of carbonyl (C=O) groups is 1. The molecule has 2 aromatic heterocycles. The van der Waals surface area contributed by atoms with Crippen LogP contribution in [-0.2, 0) is 21.2 Å². The van der Waals surface area contributed by atoms with Crippen molar-refractivity contribution in [2.24, 2.45) is 10.2 Å². The van der Waals surface area contributed by atoms with Crippen LogP contribution in [0.3, 0.4) is 0 Å². The van der Waals surface area contributed by atoms with Gasteiger partial charge >= 0.3 is 21.5 Å². The smallest absolute Gasteiger partial charge is 0.462 e. The van der Waals surface area contributed by atoms with Crippen LogP contribution >= 0.6 is 11.3 Å². The molecule has 37 heavy (non-hydrogen) atoms. The SMILES string of the molecule is CCOC(=O)c1cnc(N=Nc2cc3c(cc2NS(=O)(=O)C(F)(F)F)N(C)CCC3)nc1-c1cccs1. The van der Waals surface area contributed by atoms with Crippen molar-refractivity contribution >= 4 is 50.3 Å². The highest BCUT2D eigenvalue weighted by molar-refractivity contribution is 7.93. The number of sulfonamides is 1. The highest BCUT2D eigenvalue weighted by Gasteiger charge is 2.46. The number of nitrogens with zero attached hydrogens (tertiary/aromatic N) is 5. The molecule has 0 bridgehead atoms. The van der Waals surface area contributed by atoms with Gasteiger partial charge in [-0.15, -0.1) is 21.6 Å². The second kappa shape index (κ2) is 10.4. The minimum Gasteiger partial charge on any atom is -0.462 e. The van der Waals surface area contributed by atoms with E-state index in [0.717, 1.165) is 12.0 Å². The lowest BCUT2D eigenvalue weighted by molar-refractivity contribution is -0.0429. The quantitative estimate of drug-likeness (QED) is 0.304. The molecule has 1 N–H and O–H groups in total. The van der Waals surface area contributed by atoms with Gasteiger partial charge in [-0.05, 0) is 48.9 Å². The number of azo groups is 1. The van der Waals surface area contributed by atoms with E-state index in [1.54, 1.807) is 36.2 Å². The molecule has 0 saturated heterocycles. The molecule has 0 amide bonds. The molecule has 3 aromatic rings. The van der Waals surface area contributed by atoms with Crippen LogP contribution in [0.4, 0.5) is 36.2 Å². The van der Waals surface area contributed by atoms with E-state index < -0.39 is 27.2 Å². The van der Waals surface area contributed by atoms with Crippen molar-refractivity contribution in [2.45, 2.75) is 25.3 Å². The van der Waals surface area contributed by atoms with E-state index in [2.05, 4.69) is 20.2 Å². The van der Waals surface area contributed by atoms with Crippen LogP contribution in [0.5, 0.6) is 0 Å². The molecule has 15 heteroatoms. The first-order valence-electron chi connectivity index (χ1n) is 11.0. The van der Waals surface area contributed by atoms with Crippen molar-refractivity contribution in [3.63, 3.8) is 0 Å². The maximum atomic E-state index is 13.1. The fourth-order valence-electron chi connectivity index (χ4n) is 3.65. The topological polar surface area (TPSA) is 126 Å². The highest BCUT2D eigenvalue weighted by atomic mass is 32.2. The summed E-state index contributed by atoms with van der Waals surface area (Å²) >= 11 is 1.32. The van der Waals surface area contributed by atoms with Crippen molar-refractivity contribution in [2.75, 3.05) is 29.8 Å². The number of aromatic nitrogens is 2.